The highest BCUT2D eigenvalue weighted by Gasteiger charge is 2.42. The number of nitrogens with one attached hydrogen (secondary N) is 3. The van der Waals surface area contributed by atoms with Gasteiger partial charge in [0.2, 0.25) is 5.95 Å². The Balaban J connectivity index is 1.45. The van der Waals surface area contributed by atoms with Crippen LogP contribution in [0.2, 0.25) is 0 Å². The number of rotatable bonds is 3. The molecular formula is C19H30N6O2. The molecule has 2 saturated heterocycles. The van der Waals surface area contributed by atoms with Crippen molar-refractivity contribution in [3.63, 3.8) is 0 Å². The van der Waals surface area contributed by atoms with Crippen LogP contribution in [0.3, 0.4) is 0 Å². The van der Waals surface area contributed by atoms with E-state index in [9.17, 15) is 4.79 Å². The van der Waals surface area contributed by atoms with Gasteiger partial charge >= 0.3 is 6.03 Å². The molecule has 3 aliphatic heterocycles. The minimum absolute atomic E-state index is 0.0226. The van der Waals surface area contributed by atoms with Crippen LogP contribution in [0.5, 0.6) is 0 Å². The SMILES string of the molecule is CC1(C)c2cnc(NC3CCOCC3)nc2CN1C(=O)NC1CCCNC1. The van der Waals surface area contributed by atoms with E-state index in [4.69, 9.17) is 9.72 Å². The predicted molar refractivity (Wildman–Crippen MR) is 102 cm³/mol. The Hall–Kier alpha value is -1.93. The highest BCUT2D eigenvalue weighted by atomic mass is 16.5. The van der Waals surface area contributed by atoms with Gasteiger partial charge in [0.05, 0.1) is 17.8 Å². The number of ether oxygens (including phenoxy) is 1. The van der Waals surface area contributed by atoms with Gasteiger partial charge < -0.3 is 25.6 Å². The third kappa shape index (κ3) is 3.87. The Morgan fingerprint density at radius 2 is 2.11 bits per heavy atom. The number of anilines is 1. The third-order valence-corrected chi connectivity index (χ3v) is 5.93. The molecule has 148 valence electrons. The van der Waals surface area contributed by atoms with Crippen molar-refractivity contribution in [3.05, 3.63) is 17.5 Å². The molecule has 27 heavy (non-hydrogen) atoms. The molecule has 1 aromatic heterocycles. The molecule has 4 heterocycles. The summed E-state index contributed by atoms with van der Waals surface area (Å²) in [6, 6.07) is 0.526. The zero-order valence-corrected chi connectivity index (χ0v) is 16.3. The number of urea groups is 1. The number of piperidine rings is 1. The van der Waals surface area contributed by atoms with E-state index < -0.39 is 5.54 Å². The monoisotopic (exact) mass is 374 g/mol. The number of aromatic nitrogens is 2. The molecule has 3 N–H and O–H groups in total. The van der Waals surface area contributed by atoms with Crippen molar-refractivity contribution in [2.24, 2.45) is 0 Å². The topological polar surface area (TPSA) is 91.4 Å². The van der Waals surface area contributed by atoms with Crippen LogP contribution in [-0.2, 0) is 16.8 Å². The Bertz CT molecular complexity index is 683. The van der Waals surface area contributed by atoms with Crippen LogP contribution in [-0.4, -0.2) is 59.3 Å². The fraction of sp³-hybridized carbons (Fsp3) is 0.737. The van der Waals surface area contributed by atoms with Crippen molar-refractivity contribution in [3.8, 4) is 0 Å². The van der Waals surface area contributed by atoms with E-state index >= 15 is 0 Å². The Kier molecular flexibility index (Phi) is 5.19. The van der Waals surface area contributed by atoms with Crippen LogP contribution < -0.4 is 16.0 Å². The largest absolute Gasteiger partial charge is 0.381 e. The molecule has 0 spiro atoms. The van der Waals surface area contributed by atoms with E-state index in [1.807, 2.05) is 11.1 Å². The summed E-state index contributed by atoms with van der Waals surface area (Å²) < 4.78 is 5.41. The molecule has 2 fully saturated rings. The molecule has 1 atom stereocenters. The van der Waals surface area contributed by atoms with Crippen molar-refractivity contribution in [1.82, 2.24) is 25.5 Å². The number of carbonyl (C=O) groups is 1. The van der Waals surface area contributed by atoms with E-state index in [-0.39, 0.29) is 12.1 Å². The van der Waals surface area contributed by atoms with Gasteiger partial charge in [0.25, 0.3) is 0 Å². The minimum Gasteiger partial charge on any atom is -0.381 e. The first kappa shape index (κ1) is 18.4. The van der Waals surface area contributed by atoms with Gasteiger partial charge in [0.15, 0.2) is 0 Å². The van der Waals surface area contributed by atoms with Gasteiger partial charge in [0, 0.05) is 43.6 Å². The molecule has 0 bridgehead atoms. The zero-order valence-electron chi connectivity index (χ0n) is 16.3. The summed E-state index contributed by atoms with van der Waals surface area (Å²) in [4.78, 5) is 24.0. The van der Waals surface area contributed by atoms with Crippen LogP contribution in [0.4, 0.5) is 10.7 Å². The van der Waals surface area contributed by atoms with Gasteiger partial charge in [-0.1, -0.05) is 0 Å². The normalized spacial score (nSPS) is 25.1. The molecule has 1 aromatic rings. The maximum atomic E-state index is 12.9. The van der Waals surface area contributed by atoms with Crippen molar-refractivity contribution < 1.29 is 9.53 Å². The molecule has 3 aliphatic rings. The Morgan fingerprint density at radius 3 is 2.85 bits per heavy atom. The van der Waals surface area contributed by atoms with Gasteiger partial charge in [-0.05, 0) is 46.1 Å². The second-order valence-corrected chi connectivity index (χ2v) is 8.22. The average molecular weight is 374 g/mol. The summed E-state index contributed by atoms with van der Waals surface area (Å²) in [5.74, 6) is 0.648. The lowest BCUT2D eigenvalue weighted by Gasteiger charge is -2.34. The first-order valence-corrected chi connectivity index (χ1v) is 10.0. The van der Waals surface area contributed by atoms with E-state index in [2.05, 4.69) is 34.8 Å². The Morgan fingerprint density at radius 1 is 1.30 bits per heavy atom. The smallest absolute Gasteiger partial charge is 0.318 e. The van der Waals surface area contributed by atoms with Crippen molar-refractivity contribution in [1.29, 1.82) is 0 Å². The molecule has 4 rings (SSSR count). The number of fused-ring (bicyclic) bond motifs is 1. The summed E-state index contributed by atoms with van der Waals surface area (Å²) >= 11 is 0. The minimum atomic E-state index is -0.418. The van der Waals surface area contributed by atoms with Crippen molar-refractivity contribution in [2.45, 2.75) is 63.7 Å². The maximum absolute atomic E-state index is 12.9. The maximum Gasteiger partial charge on any atom is 0.318 e. The molecule has 2 amide bonds. The van der Waals surface area contributed by atoms with Crippen LogP contribution in [0.1, 0.15) is 50.8 Å². The van der Waals surface area contributed by atoms with Gasteiger partial charge in [-0.3, -0.25) is 0 Å². The number of amides is 2. The molecule has 1 unspecified atom stereocenters. The first-order valence-electron chi connectivity index (χ1n) is 10.0. The van der Waals surface area contributed by atoms with Crippen LogP contribution >= 0.6 is 0 Å². The fourth-order valence-corrected chi connectivity index (χ4v) is 4.19. The van der Waals surface area contributed by atoms with Crippen molar-refractivity contribution in [2.75, 3.05) is 31.6 Å². The van der Waals surface area contributed by atoms with E-state index in [1.54, 1.807) is 0 Å². The summed E-state index contributed by atoms with van der Waals surface area (Å²) in [6.07, 6.45) is 5.94. The van der Waals surface area contributed by atoms with E-state index in [1.165, 1.54) is 0 Å². The highest BCUT2D eigenvalue weighted by Crippen LogP contribution is 2.37. The summed E-state index contributed by atoms with van der Waals surface area (Å²) in [6.45, 7) is 8.06. The summed E-state index contributed by atoms with van der Waals surface area (Å²) in [7, 11) is 0. The van der Waals surface area contributed by atoms with E-state index in [0.717, 1.165) is 63.2 Å². The molecule has 8 heteroatoms. The molecule has 0 saturated carbocycles. The fourth-order valence-electron chi connectivity index (χ4n) is 4.19. The van der Waals surface area contributed by atoms with E-state index in [0.29, 0.717) is 18.5 Å². The molecule has 0 aromatic carbocycles. The molecular weight excluding hydrogens is 344 g/mol. The predicted octanol–water partition coefficient (Wildman–Crippen LogP) is 1.58. The molecule has 0 radical (unpaired) electrons. The number of nitrogens with zero attached hydrogens (tertiary/aromatic N) is 3. The lowest BCUT2D eigenvalue weighted by atomic mass is 9.97. The van der Waals surface area contributed by atoms with Gasteiger partial charge in [-0.15, -0.1) is 0 Å². The lowest BCUT2D eigenvalue weighted by Crippen LogP contribution is -2.52. The standard InChI is InChI=1S/C19H30N6O2/c1-19(2)15-11-21-17(22-13-5-8-27-9-6-13)24-16(15)12-25(19)18(26)23-14-4-3-7-20-10-14/h11,13-14,20H,3-10,12H2,1-2H3,(H,23,26)(H,21,22,24). The summed E-state index contributed by atoms with van der Waals surface area (Å²) in [5.41, 5.74) is 1.54. The lowest BCUT2D eigenvalue weighted by molar-refractivity contribution is 0.0903. The number of carbonyl (C=O) groups excluding carboxylic acids is 1. The zero-order chi connectivity index (χ0) is 18.9. The second kappa shape index (κ2) is 7.59. The highest BCUT2D eigenvalue weighted by molar-refractivity contribution is 5.76. The quantitative estimate of drug-likeness (QED) is 0.744. The molecule has 8 nitrogen and oxygen atoms in total. The van der Waals surface area contributed by atoms with Gasteiger partial charge in [-0.2, -0.15) is 0 Å². The van der Waals surface area contributed by atoms with Crippen LogP contribution in [0.15, 0.2) is 6.20 Å². The summed E-state index contributed by atoms with van der Waals surface area (Å²) in [5, 5.41) is 9.94. The van der Waals surface area contributed by atoms with Gasteiger partial charge in [-0.25, -0.2) is 14.8 Å². The Labute approximate surface area is 160 Å². The second-order valence-electron chi connectivity index (χ2n) is 8.22. The average Bonchev–Trinajstić information content (AvgIpc) is 2.94. The first-order chi connectivity index (χ1) is 13.0. The van der Waals surface area contributed by atoms with Crippen molar-refractivity contribution >= 4 is 12.0 Å². The number of hydrogen-bond donors (Lipinski definition) is 3. The third-order valence-electron chi connectivity index (χ3n) is 5.93. The number of hydrogen-bond acceptors (Lipinski definition) is 6. The van der Waals surface area contributed by atoms with Crippen LogP contribution in [0, 0.1) is 0 Å². The van der Waals surface area contributed by atoms with Gasteiger partial charge in [0.1, 0.15) is 0 Å². The molecule has 0 aliphatic carbocycles. The van der Waals surface area contributed by atoms with Crippen LogP contribution in [0.25, 0.3) is 0 Å².